The number of carboxylic acid groups (broad SMARTS) is 1. The normalized spacial score (nSPS) is 13.0. The molecule has 0 fully saturated rings. The molecule has 9 nitrogen and oxygen atoms in total. The lowest BCUT2D eigenvalue weighted by atomic mass is 10.1. The minimum Gasteiger partial charge on any atom is -0.508 e. The van der Waals surface area contributed by atoms with E-state index in [4.69, 9.17) is 0 Å². The van der Waals surface area contributed by atoms with E-state index < -0.39 is 22.0 Å². The molecule has 0 unspecified atom stereocenters. The maximum atomic E-state index is 12.6. The number of aliphatic carboxylic acids is 1. The summed E-state index contributed by atoms with van der Waals surface area (Å²) in [4.78, 5) is 11.2. The Morgan fingerprint density at radius 2 is 1.83 bits per heavy atom. The van der Waals surface area contributed by atoms with Gasteiger partial charge in [-0.2, -0.15) is 4.72 Å². The van der Waals surface area contributed by atoms with Crippen LogP contribution in [-0.2, 0) is 14.8 Å². The van der Waals surface area contributed by atoms with Crippen molar-refractivity contribution in [2.45, 2.75) is 10.9 Å². The Kier molecular flexibility index (Phi) is 3.91. The van der Waals surface area contributed by atoms with Crippen molar-refractivity contribution >= 4 is 27.0 Å². The lowest BCUT2D eigenvalue weighted by Crippen LogP contribution is -2.33. The van der Waals surface area contributed by atoms with Gasteiger partial charge in [0.25, 0.3) is 0 Å². The highest BCUT2D eigenvalue weighted by atomic mass is 32.2. The number of aromatic hydroxyl groups is 1. The highest BCUT2D eigenvalue weighted by molar-refractivity contribution is 7.89. The van der Waals surface area contributed by atoms with Crippen molar-refractivity contribution < 1.29 is 28.1 Å². The molecule has 1 heterocycles. The number of hydrogen-bond acceptors (Lipinski definition) is 7. The van der Waals surface area contributed by atoms with Gasteiger partial charge in [0.15, 0.2) is 5.52 Å². The van der Waals surface area contributed by atoms with Gasteiger partial charge in [0.05, 0.1) is 0 Å². The van der Waals surface area contributed by atoms with Gasteiger partial charge in [0.1, 0.15) is 22.2 Å². The van der Waals surface area contributed by atoms with Crippen LogP contribution in [0.15, 0.2) is 52.0 Å². The van der Waals surface area contributed by atoms with Gasteiger partial charge in [-0.05, 0) is 40.1 Å². The molecule has 0 saturated carbocycles. The fourth-order valence-electron chi connectivity index (χ4n) is 2.14. The number of hydrogen-bond donors (Lipinski definition) is 3. The highest BCUT2D eigenvalue weighted by Crippen LogP contribution is 2.23. The van der Waals surface area contributed by atoms with Gasteiger partial charge < -0.3 is 10.2 Å². The number of carboxylic acids is 1. The number of aromatic nitrogens is 2. The van der Waals surface area contributed by atoms with E-state index in [-0.39, 0.29) is 27.2 Å². The molecule has 0 radical (unpaired) electrons. The van der Waals surface area contributed by atoms with E-state index in [1.165, 1.54) is 42.5 Å². The lowest BCUT2D eigenvalue weighted by molar-refractivity contribution is -0.139. The number of phenolic OH excluding ortho intramolecular Hbond substituents is 1. The number of fused-ring (bicyclic) bond motifs is 1. The molecule has 1 aromatic heterocycles. The molecule has 0 aliphatic carbocycles. The van der Waals surface area contributed by atoms with Gasteiger partial charge in [-0.25, -0.2) is 13.0 Å². The van der Waals surface area contributed by atoms with Gasteiger partial charge in [0.2, 0.25) is 10.0 Å². The zero-order chi connectivity index (χ0) is 17.3. The molecule has 24 heavy (non-hydrogen) atoms. The van der Waals surface area contributed by atoms with E-state index in [1.54, 1.807) is 0 Å². The number of carbonyl (C=O) groups is 1. The Morgan fingerprint density at radius 1 is 1.12 bits per heavy atom. The fraction of sp³-hybridized carbons (Fsp3) is 0.0714. The van der Waals surface area contributed by atoms with Gasteiger partial charge in [-0.1, -0.05) is 18.2 Å². The van der Waals surface area contributed by atoms with Crippen molar-refractivity contribution in [3.05, 3.63) is 48.0 Å². The monoisotopic (exact) mass is 349 g/mol. The third kappa shape index (κ3) is 2.92. The number of sulfonamides is 1. The summed E-state index contributed by atoms with van der Waals surface area (Å²) in [6, 6.07) is 7.85. The number of nitrogens with one attached hydrogen (secondary N) is 1. The first-order valence-corrected chi connectivity index (χ1v) is 8.12. The summed E-state index contributed by atoms with van der Waals surface area (Å²) < 4.78 is 31.8. The van der Waals surface area contributed by atoms with Gasteiger partial charge in [-0.15, -0.1) is 0 Å². The Morgan fingerprint density at radius 3 is 2.50 bits per heavy atom. The standard InChI is InChI=1S/C14H11N3O6S/c18-9-6-4-8(5-7-9)12(14(19)20)17-24(21,22)11-3-1-2-10-13(11)16-23-15-10/h1-7,12,17-18H,(H,19,20)/t12-/m1/s1. The van der Waals surface area contributed by atoms with Crippen LogP contribution in [0, 0.1) is 0 Å². The molecule has 2 aromatic carbocycles. The largest absolute Gasteiger partial charge is 0.508 e. The zero-order valence-corrected chi connectivity index (χ0v) is 12.8. The maximum Gasteiger partial charge on any atom is 0.326 e. The Hall–Kier alpha value is -2.98. The molecule has 0 aliphatic heterocycles. The predicted molar refractivity (Wildman–Crippen MR) is 80.6 cm³/mol. The molecule has 0 saturated heterocycles. The van der Waals surface area contributed by atoms with Gasteiger partial charge in [-0.3, -0.25) is 4.79 Å². The van der Waals surface area contributed by atoms with E-state index in [2.05, 4.69) is 19.7 Å². The molecule has 3 aromatic rings. The zero-order valence-electron chi connectivity index (χ0n) is 11.9. The Balaban J connectivity index is 2.01. The summed E-state index contributed by atoms with van der Waals surface area (Å²) in [5, 5.41) is 25.7. The average Bonchev–Trinajstić information content (AvgIpc) is 3.01. The van der Waals surface area contributed by atoms with E-state index in [1.807, 2.05) is 0 Å². The maximum absolute atomic E-state index is 12.6. The lowest BCUT2D eigenvalue weighted by Gasteiger charge is -2.15. The summed E-state index contributed by atoms with van der Waals surface area (Å²) in [5.41, 5.74) is 0.392. The number of rotatable bonds is 5. The van der Waals surface area contributed by atoms with Crippen molar-refractivity contribution in [1.82, 2.24) is 15.0 Å². The van der Waals surface area contributed by atoms with Crippen LogP contribution in [0.2, 0.25) is 0 Å². The third-order valence-electron chi connectivity index (χ3n) is 3.28. The van der Waals surface area contributed by atoms with E-state index >= 15 is 0 Å². The van der Waals surface area contributed by atoms with Gasteiger partial charge in [0, 0.05) is 0 Å². The van der Waals surface area contributed by atoms with Crippen LogP contribution >= 0.6 is 0 Å². The van der Waals surface area contributed by atoms with Gasteiger partial charge >= 0.3 is 5.97 Å². The van der Waals surface area contributed by atoms with Crippen LogP contribution < -0.4 is 4.72 Å². The fourth-order valence-corrected chi connectivity index (χ4v) is 3.47. The van der Waals surface area contributed by atoms with Crippen LogP contribution in [0.3, 0.4) is 0 Å². The second-order valence-electron chi connectivity index (χ2n) is 4.87. The first kappa shape index (κ1) is 15.9. The molecule has 1 atom stereocenters. The van der Waals surface area contributed by atoms with Crippen molar-refractivity contribution in [2.75, 3.05) is 0 Å². The third-order valence-corrected chi connectivity index (χ3v) is 4.74. The van der Waals surface area contributed by atoms with Crippen LogP contribution in [0.4, 0.5) is 0 Å². The number of benzene rings is 2. The summed E-state index contributed by atoms with van der Waals surface area (Å²) in [5.74, 6) is -1.46. The van der Waals surface area contributed by atoms with Crippen molar-refractivity contribution in [1.29, 1.82) is 0 Å². The van der Waals surface area contributed by atoms with Crippen LogP contribution in [-0.4, -0.2) is 34.9 Å². The highest BCUT2D eigenvalue weighted by Gasteiger charge is 2.29. The predicted octanol–water partition coefficient (Wildman–Crippen LogP) is 1.03. The molecule has 0 aliphatic rings. The molecule has 3 rings (SSSR count). The number of phenols is 1. The van der Waals surface area contributed by atoms with Crippen LogP contribution in [0.25, 0.3) is 11.0 Å². The molecule has 0 amide bonds. The van der Waals surface area contributed by atoms with E-state index in [9.17, 15) is 23.4 Å². The molecular formula is C14H11N3O6S. The summed E-state index contributed by atoms with van der Waals surface area (Å²) in [6.07, 6.45) is 0. The first-order valence-electron chi connectivity index (χ1n) is 6.64. The molecular weight excluding hydrogens is 338 g/mol. The molecule has 0 spiro atoms. The van der Waals surface area contributed by atoms with Crippen molar-refractivity contribution in [3.8, 4) is 5.75 Å². The second kappa shape index (κ2) is 5.91. The SMILES string of the molecule is O=C(O)[C@H](NS(=O)(=O)c1cccc2nonc12)c1ccc(O)cc1. The minimum atomic E-state index is -4.22. The first-order chi connectivity index (χ1) is 11.4. The van der Waals surface area contributed by atoms with Crippen LogP contribution in [0.5, 0.6) is 5.75 Å². The van der Waals surface area contributed by atoms with E-state index in [0.29, 0.717) is 0 Å². The molecule has 0 bridgehead atoms. The van der Waals surface area contributed by atoms with Crippen molar-refractivity contribution in [3.63, 3.8) is 0 Å². The second-order valence-corrected chi connectivity index (χ2v) is 6.55. The summed E-state index contributed by atoms with van der Waals surface area (Å²) in [6.45, 7) is 0. The van der Waals surface area contributed by atoms with Crippen LogP contribution in [0.1, 0.15) is 11.6 Å². The molecule has 124 valence electrons. The summed E-state index contributed by atoms with van der Waals surface area (Å²) in [7, 11) is -4.22. The van der Waals surface area contributed by atoms with E-state index in [0.717, 1.165) is 0 Å². The Bertz CT molecular complexity index is 997. The number of nitrogens with zero attached hydrogens (tertiary/aromatic N) is 2. The Labute approximate surface area is 135 Å². The van der Waals surface area contributed by atoms with Crippen molar-refractivity contribution in [2.24, 2.45) is 0 Å². The topological polar surface area (TPSA) is 143 Å². The summed E-state index contributed by atoms with van der Waals surface area (Å²) >= 11 is 0. The smallest absolute Gasteiger partial charge is 0.326 e. The minimum absolute atomic E-state index is 0.000144. The molecule has 3 N–H and O–H groups in total. The molecule has 10 heteroatoms. The average molecular weight is 349 g/mol. The quantitative estimate of drug-likeness (QED) is 0.620.